The van der Waals surface area contributed by atoms with Gasteiger partial charge in [-0.2, -0.15) is 5.10 Å². The summed E-state index contributed by atoms with van der Waals surface area (Å²) in [5.74, 6) is 0. The molecule has 0 aliphatic rings. The predicted molar refractivity (Wildman–Crippen MR) is 73.2 cm³/mol. The summed E-state index contributed by atoms with van der Waals surface area (Å²) in [5.41, 5.74) is 1.97. The van der Waals surface area contributed by atoms with Gasteiger partial charge in [-0.05, 0) is 18.2 Å². The number of nitrogens with one attached hydrogen (secondary N) is 2. The van der Waals surface area contributed by atoms with Crippen LogP contribution in [0.1, 0.15) is 5.69 Å². The van der Waals surface area contributed by atoms with Crippen molar-refractivity contribution in [1.82, 2.24) is 9.78 Å². The van der Waals surface area contributed by atoms with Gasteiger partial charge in [-0.25, -0.2) is 0 Å². The maximum atomic E-state index is 11.1. The number of para-hydroxylation sites is 1. The second-order valence-corrected chi connectivity index (χ2v) is 4.01. The van der Waals surface area contributed by atoms with Gasteiger partial charge in [-0.15, -0.1) is 0 Å². The SMILES string of the molecule is CNc1cccc(NCc2ccnn2C)c1[N+](=O)[O-]. The average Bonchev–Trinajstić information content (AvgIpc) is 2.81. The molecule has 0 saturated heterocycles. The van der Waals surface area contributed by atoms with Crippen molar-refractivity contribution in [2.24, 2.45) is 7.05 Å². The predicted octanol–water partition coefficient (Wildman–Crippen LogP) is 1.98. The Morgan fingerprint density at radius 2 is 2.11 bits per heavy atom. The van der Waals surface area contributed by atoms with Crippen LogP contribution in [0.25, 0.3) is 0 Å². The Morgan fingerprint density at radius 1 is 1.37 bits per heavy atom. The number of nitrogens with zero attached hydrogens (tertiary/aromatic N) is 3. The highest BCUT2D eigenvalue weighted by atomic mass is 16.6. The number of benzene rings is 1. The van der Waals surface area contributed by atoms with E-state index in [1.807, 2.05) is 13.1 Å². The molecule has 0 unspecified atom stereocenters. The zero-order chi connectivity index (χ0) is 13.8. The van der Waals surface area contributed by atoms with E-state index in [1.54, 1.807) is 36.1 Å². The third-order valence-corrected chi connectivity index (χ3v) is 2.87. The molecule has 2 rings (SSSR count). The second-order valence-electron chi connectivity index (χ2n) is 4.01. The first kappa shape index (κ1) is 12.9. The van der Waals surface area contributed by atoms with Gasteiger partial charge in [0.15, 0.2) is 0 Å². The normalized spacial score (nSPS) is 10.2. The topological polar surface area (TPSA) is 85.0 Å². The third-order valence-electron chi connectivity index (χ3n) is 2.87. The van der Waals surface area contributed by atoms with Crippen molar-refractivity contribution in [2.45, 2.75) is 6.54 Å². The van der Waals surface area contributed by atoms with Crippen molar-refractivity contribution in [3.8, 4) is 0 Å². The fraction of sp³-hybridized carbons (Fsp3) is 0.250. The van der Waals surface area contributed by atoms with E-state index < -0.39 is 4.92 Å². The zero-order valence-corrected chi connectivity index (χ0v) is 10.8. The Bertz CT molecular complexity index is 594. The van der Waals surface area contributed by atoms with Crippen molar-refractivity contribution in [2.75, 3.05) is 17.7 Å². The van der Waals surface area contributed by atoms with E-state index in [0.29, 0.717) is 17.9 Å². The average molecular weight is 261 g/mol. The standard InChI is InChI=1S/C12H15N5O2/c1-13-10-4-3-5-11(12(10)17(18)19)14-8-9-6-7-15-16(9)2/h3-7,13-14H,8H2,1-2H3. The van der Waals surface area contributed by atoms with Gasteiger partial charge < -0.3 is 10.6 Å². The Balaban J connectivity index is 2.25. The number of hydrogen-bond acceptors (Lipinski definition) is 5. The van der Waals surface area contributed by atoms with Crippen LogP contribution in [0.2, 0.25) is 0 Å². The number of aromatic nitrogens is 2. The van der Waals surface area contributed by atoms with Crippen molar-refractivity contribution in [3.05, 3.63) is 46.3 Å². The molecule has 1 aromatic carbocycles. The number of nitro benzene ring substituents is 1. The van der Waals surface area contributed by atoms with E-state index in [1.165, 1.54) is 0 Å². The van der Waals surface area contributed by atoms with Crippen molar-refractivity contribution < 1.29 is 4.92 Å². The maximum absolute atomic E-state index is 11.1. The fourth-order valence-corrected chi connectivity index (χ4v) is 1.85. The van der Waals surface area contributed by atoms with Crippen LogP contribution in [0, 0.1) is 10.1 Å². The van der Waals surface area contributed by atoms with Gasteiger partial charge in [-0.1, -0.05) is 6.07 Å². The van der Waals surface area contributed by atoms with E-state index in [4.69, 9.17) is 0 Å². The molecule has 7 nitrogen and oxygen atoms in total. The molecule has 0 aliphatic carbocycles. The molecule has 2 aromatic rings. The number of hydrogen-bond donors (Lipinski definition) is 2. The van der Waals surface area contributed by atoms with E-state index in [2.05, 4.69) is 15.7 Å². The quantitative estimate of drug-likeness (QED) is 0.635. The van der Waals surface area contributed by atoms with Gasteiger partial charge in [0.1, 0.15) is 11.4 Å². The van der Waals surface area contributed by atoms with Crippen LogP contribution in [0.3, 0.4) is 0 Å². The molecule has 100 valence electrons. The molecular formula is C12H15N5O2. The number of rotatable bonds is 5. The minimum Gasteiger partial charge on any atom is -0.382 e. The molecule has 19 heavy (non-hydrogen) atoms. The maximum Gasteiger partial charge on any atom is 0.315 e. The van der Waals surface area contributed by atoms with Crippen molar-refractivity contribution in [1.29, 1.82) is 0 Å². The Morgan fingerprint density at radius 3 is 2.68 bits per heavy atom. The largest absolute Gasteiger partial charge is 0.382 e. The van der Waals surface area contributed by atoms with Gasteiger partial charge >= 0.3 is 5.69 Å². The summed E-state index contributed by atoms with van der Waals surface area (Å²) in [6, 6.07) is 6.99. The fourth-order valence-electron chi connectivity index (χ4n) is 1.85. The van der Waals surface area contributed by atoms with E-state index in [9.17, 15) is 10.1 Å². The molecule has 2 N–H and O–H groups in total. The van der Waals surface area contributed by atoms with Crippen LogP contribution in [-0.2, 0) is 13.6 Å². The van der Waals surface area contributed by atoms with E-state index in [0.717, 1.165) is 5.69 Å². The number of aryl methyl sites for hydroxylation is 1. The molecule has 0 radical (unpaired) electrons. The Kier molecular flexibility index (Phi) is 3.65. The summed E-state index contributed by atoms with van der Waals surface area (Å²) in [6.45, 7) is 0.477. The van der Waals surface area contributed by atoms with Gasteiger partial charge in [0.25, 0.3) is 0 Å². The first-order valence-corrected chi connectivity index (χ1v) is 5.79. The lowest BCUT2D eigenvalue weighted by atomic mass is 10.2. The molecule has 0 saturated carbocycles. The van der Waals surface area contributed by atoms with Gasteiger partial charge in [0.2, 0.25) is 0 Å². The van der Waals surface area contributed by atoms with Crippen LogP contribution in [0.4, 0.5) is 17.1 Å². The summed E-state index contributed by atoms with van der Waals surface area (Å²) in [6.07, 6.45) is 1.69. The van der Waals surface area contributed by atoms with E-state index in [-0.39, 0.29) is 5.69 Å². The molecule has 0 atom stereocenters. The van der Waals surface area contributed by atoms with Crippen LogP contribution < -0.4 is 10.6 Å². The van der Waals surface area contributed by atoms with Crippen LogP contribution in [0.15, 0.2) is 30.5 Å². The monoisotopic (exact) mass is 261 g/mol. The molecule has 0 aliphatic heterocycles. The van der Waals surface area contributed by atoms with Crippen LogP contribution >= 0.6 is 0 Å². The summed E-state index contributed by atoms with van der Waals surface area (Å²) in [7, 11) is 3.49. The first-order valence-electron chi connectivity index (χ1n) is 5.79. The van der Waals surface area contributed by atoms with Crippen molar-refractivity contribution in [3.63, 3.8) is 0 Å². The molecule has 1 aromatic heterocycles. The smallest absolute Gasteiger partial charge is 0.315 e. The zero-order valence-electron chi connectivity index (χ0n) is 10.8. The summed E-state index contributed by atoms with van der Waals surface area (Å²) in [5, 5.41) is 21.1. The molecule has 0 fully saturated rings. The number of anilines is 2. The molecule has 7 heteroatoms. The minimum atomic E-state index is -0.391. The minimum absolute atomic E-state index is 0.0483. The molecular weight excluding hydrogens is 246 g/mol. The molecule has 0 spiro atoms. The lowest BCUT2D eigenvalue weighted by Gasteiger charge is -2.10. The third kappa shape index (κ3) is 2.65. The molecule has 0 amide bonds. The van der Waals surface area contributed by atoms with E-state index >= 15 is 0 Å². The Labute approximate surface area is 110 Å². The highest BCUT2D eigenvalue weighted by Gasteiger charge is 2.18. The van der Waals surface area contributed by atoms with Crippen LogP contribution in [-0.4, -0.2) is 21.8 Å². The molecule has 1 heterocycles. The number of nitro groups is 1. The highest BCUT2D eigenvalue weighted by molar-refractivity contribution is 5.75. The lowest BCUT2D eigenvalue weighted by molar-refractivity contribution is -0.383. The van der Waals surface area contributed by atoms with Crippen molar-refractivity contribution >= 4 is 17.1 Å². The second kappa shape index (κ2) is 5.38. The summed E-state index contributed by atoms with van der Waals surface area (Å²) in [4.78, 5) is 10.7. The first-order chi connectivity index (χ1) is 9.13. The van der Waals surface area contributed by atoms with Gasteiger partial charge in [-0.3, -0.25) is 14.8 Å². The van der Waals surface area contributed by atoms with Gasteiger partial charge in [0.05, 0.1) is 17.2 Å². The van der Waals surface area contributed by atoms with Crippen LogP contribution in [0.5, 0.6) is 0 Å². The Hall–Kier alpha value is -2.57. The summed E-state index contributed by atoms with van der Waals surface area (Å²) < 4.78 is 1.72. The molecule has 0 bridgehead atoms. The lowest BCUT2D eigenvalue weighted by Crippen LogP contribution is -2.08. The van der Waals surface area contributed by atoms with Gasteiger partial charge in [0, 0.05) is 20.3 Å². The summed E-state index contributed by atoms with van der Waals surface area (Å²) >= 11 is 0. The highest BCUT2D eigenvalue weighted by Crippen LogP contribution is 2.32.